The zero-order chi connectivity index (χ0) is 41.1. The summed E-state index contributed by atoms with van der Waals surface area (Å²) in [6.45, 7) is 3.69. The summed E-state index contributed by atoms with van der Waals surface area (Å²) in [7, 11) is -4.38. The van der Waals surface area contributed by atoms with Crippen molar-refractivity contribution in [2.75, 3.05) is 26.4 Å². The first-order valence-corrected chi connectivity index (χ1v) is 24.8. The summed E-state index contributed by atoms with van der Waals surface area (Å²) < 4.78 is 32.7. The van der Waals surface area contributed by atoms with Crippen molar-refractivity contribution in [3.8, 4) is 0 Å². The Kier molecular flexibility index (Phi) is 41.9. The van der Waals surface area contributed by atoms with E-state index in [1.165, 1.54) is 135 Å². The normalized spacial score (nSPS) is 13.4. The van der Waals surface area contributed by atoms with Crippen molar-refractivity contribution in [3.05, 3.63) is 24.3 Å². The van der Waals surface area contributed by atoms with Crippen LogP contribution in [0.2, 0.25) is 0 Å². The summed E-state index contributed by atoms with van der Waals surface area (Å²) in [5.41, 5.74) is 5.34. The Morgan fingerprint density at radius 1 is 0.518 bits per heavy atom. The first kappa shape index (κ1) is 54.5. The number of unbranched alkanes of at least 4 members (excludes halogenated alkanes) is 27. The zero-order valence-electron chi connectivity index (χ0n) is 36.4. The largest absolute Gasteiger partial charge is 0.472 e. The predicted octanol–water partition coefficient (Wildman–Crippen LogP) is 13.6. The van der Waals surface area contributed by atoms with Gasteiger partial charge >= 0.3 is 19.8 Å². The van der Waals surface area contributed by atoms with Gasteiger partial charge in [-0.3, -0.25) is 18.6 Å². The fourth-order valence-corrected chi connectivity index (χ4v) is 7.34. The number of rotatable bonds is 44. The molecular weight excluding hydrogens is 725 g/mol. The summed E-state index contributed by atoms with van der Waals surface area (Å²) in [6, 6.07) is 0. The molecular formula is C46H88NO8P. The molecule has 0 fully saturated rings. The Balaban J connectivity index is 4.04. The van der Waals surface area contributed by atoms with Crippen LogP contribution in [0.25, 0.3) is 0 Å². The molecule has 0 aliphatic heterocycles. The van der Waals surface area contributed by atoms with Crippen LogP contribution < -0.4 is 5.73 Å². The van der Waals surface area contributed by atoms with E-state index < -0.39 is 32.5 Å². The number of carbonyl (C=O) groups excluding carboxylic acids is 2. The monoisotopic (exact) mass is 814 g/mol. The fraction of sp³-hybridized carbons (Fsp3) is 0.870. The van der Waals surface area contributed by atoms with Crippen LogP contribution in [0.3, 0.4) is 0 Å². The molecule has 0 saturated heterocycles. The molecule has 1 unspecified atom stereocenters. The van der Waals surface area contributed by atoms with Gasteiger partial charge in [0.05, 0.1) is 13.2 Å². The van der Waals surface area contributed by atoms with Gasteiger partial charge in [0.2, 0.25) is 0 Å². The number of ether oxygens (including phenoxy) is 2. The van der Waals surface area contributed by atoms with Crippen molar-refractivity contribution >= 4 is 19.8 Å². The van der Waals surface area contributed by atoms with Gasteiger partial charge in [-0.1, -0.05) is 179 Å². The lowest BCUT2D eigenvalue weighted by atomic mass is 10.0. The van der Waals surface area contributed by atoms with Crippen LogP contribution in [0.1, 0.15) is 226 Å². The minimum absolute atomic E-state index is 0.0501. The van der Waals surface area contributed by atoms with E-state index in [1.54, 1.807) is 0 Å². The quantitative estimate of drug-likeness (QED) is 0.0267. The van der Waals surface area contributed by atoms with Crippen LogP contribution in [0.4, 0.5) is 0 Å². The van der Waals surface area contributed by atoms with Gasteiger partial charge in [0.15, 0.2) is 6.10 Å². The molecule has 10 heteroatoms. The number of esters is 2. The average Bonchev–Trinajstić information content (AvgIpc) is 3.18. The summed E-state index contributed by atoms with van der Waals surface area (Å²) in [6.07, 6.45) is 46.6. The van der Waals surface area contributed by atoms with Gasteiger partial charge in [0.25, 0.3) is 0 Å². The van der Waals surface area contributed by atoms with E-state index in [-0.39, 0.29) is 32.6 Å². The molecule has 56 heavy (non-hydrogen) atoms. The summed E-state index contributed by atoms with van der Waals surface area (Å²) in [5, 5.41) is 0. The third-order valence-corrected chi connectivity index (χ3v) is 11.0. The maximum absolute atomic E-state index is 12.5. The maximum atomic E-state index is 12.5. The molecule has 330 valence electrons. The Morgan fingerprint density at radius 3 is 1.36 bits per heavy atom. The maximum Gasteiger partial charge on any atom is 0.472 e. The van der Waals surface area contributed by atoms with Crippen molar-refractivity contribution in [3.63, 3.8) is 0 Å². The number of allylic oxidation sites excluding steroid dienone is 4. The van der Waals surface area contributed by atoms with Gasteiger partial charge in [0.1, 0.15) is 6.61 Å². The SMILES string of the molecule is CCCCC/C=C/CCCCCCCC(=O)O[C@@H](COC(=O)CCC/C=C/CCCCCCCCCCCCCCCCCCCC)COP(=O)(O)OCCN. The molecule has 0 rings (SSSR count). The minimum atomic E-state index is -4.38. The van der Waals surface area contributed by atoms with E-state index in [1.807, 2.05) is 0 Å². The number of nitrogens with two attached hydrogens (primary N) is 1. The van der Waals surface area contributed by atoms with Crippen LogP contribution in [0.5, 0.6) is 0 Å². The van der Waals surface area contributed by atoms with E-state index in [9.17, 15) is 19.0 Å². The number of phosphoric acid groups is 1. The zero-order valence-corrected chi connectivity index (χ0v) is 37.3. The van der Waals surface area contributed by atoms with E-state index in [2.05, 4.69) is 38.2 Å². The molecule has 0 amide bonds. The lowest BCUT2D eigenvalue weighted by Crippen LogP contribution is -2.29. The molecule has 2 atom stereocenters. The molecule has 0 aliphatic carbocycles. The second-order valence-electron chi connectivity index (χ2n) is 15.6. The van der Waals surface area contributed by atoms with Gasteiger partial charge in [-0.15, -0.1) is 0 Å². The summed E-state index contributed by atoms with van der Waals surface area (Å²) in [4.78, 5) is 34.8. The molecule has 0 aromatic heterocycles. The highest BCUT2D eigenvalue weighted by atomic mass is 31.2. The van der Waals surface area contributed by atoms with E-state index in [0.29, 0.717) is 12.8 Å². The molecule has 3 N–H and O–H groups in total. The molecule has 0 bridgehead atoms. The van der Waals surface area contributed by atoms with E-state index in [0.717, 1.165) is 51.4 Å². The van der Waals surface area contributed by atoms with Gasteiger partial charge in [-0.05, 0) is 57.8 Å². The Hall–Kier alpha value is -1.51. The number of hydrogen-bond donors (Lipinski definition) is 2. The molecule has 0 aromatic carbocycles. The second kappa shape index (κ2) is 43.1. The van der Waals surface area contributed by atoms with Crippen molar-refractivity contribution in [1.29, 1.82) is 0 Å². The molecule has 0 aliphatic rings. The molecule has 9 nitrogen and oxygen atoms in total. The standard InChI is InChI=1S/C46H88NO8P/c1-3-5-7-9-11-13-15-17-18-19-20-21-22-23-24-25-26-27-29-30-32-34-36-38-45(48)52-42-44(43-54-56(50,51)53-41-40-47)55-46(49)39-37-35-33-31-28-16-14-12-10-8-6-4-2/h12,14,30,32,44H,3-11,13,15-29,31,33-43,47H2,1-2H3,(H,50,51)/b14-12+,32-30+/t44-/m0/s1. The smallest absolute Gasteiger partial charge is 0.462 e. The van der Waals surface area contributed by atoms with Gasteiger partial charge < -0.3 is 20.1 Å². The van der Waals surface area contributed by atoms with Crippen LogP contribution in [0.15, 0.2) is 24.3 Å². The minimum Gasteiger partial charge on any atom is -0.462 e. The molecule has 0 heterocycles. The summed E-state index contributed by atoms with van der Waals surface area (Å²) >= 11 is 0. The number of phosphoric ester groups is 1. The van der Waals surface area contributed by atoms with Crippen molar-refractivity contribution in [2.45, 2.75) is 232 Å². The highest BCUT2D eigenvalue weighted by Gasteiger charge is 2.26. The van der Waals surface area contributed by atoms with Crippen LogP contribution in [-0.4, -0.2) is 49.3 Å². The Labute approximate surface area is 344 Å². The molecule has 0 spiro atoms. The van der Waals surface area contributed by atoms with E-state index in [4.69, 9.17) is 24.3 Å². The van der Waals surface area contributed by atoms with Crippen LogP contribution in [-0.2, 0) is 32.7 Å². The molecule has 0 aromatic rings. The lowest BCUT2D eigenvalue weighted by Gasteiger charge is -2.19. The number of carbonyl (C=O) groups is 2. The first-order valence-electron chi connectivity index (χ1n) is 23.3. The fourth-order valence-electron chi connectivity index (χ4n) is 6.58. The topological polar surface area (TPSA) is 134 Å². The molecule has 0 radical (unpaired) electrons. The Morgan fingerprint density at radius 2 is 0.893 bits per heavy atom. The number of hydrogen-bond acceptors (Lipinski definition) is 8. The van der Waals surface area contributed by atoms with Gasteiger partial charge in [-0.25, -0.2) is 4.57 Å². The van der Waals surface area contributed by atoms with Gasteiger partial charge in [-0.2, -0.15) is 0 Å². The molecule has 0 saturated carbocycles. The van der Waals surface area contributed by atoms with Crippen molar-refractivity contribution < 1.29 is 37.6 Å². The average molecular weight is 814 g/mol. The second-order valence-corrected chi connectivity index (χ2v) is 17.1. The Bertz CT molecular complexity index is 975. The van der Waals surface area contributed by atoms with Crippen molar-refractivity contribution in [1.82, 2.24) is 0 Å². The highest BCUT2D eigenvalue weighted by molar-refractivity contribution is 7.47. The third kappa shape index (κ3) is 42.1. The first-order chi connectivity index (χ1) is 27.3. The van der Waals surface area contributed by atoms with Gasteiger partial charge in [0, 0.05) is 19.4 Å². The van der Waals surface area contributed by atoms with Crippen molar-refractivity contribution in [2.24, 2.45) is 5.73 Å². The third-order valence-electron chi connectivity index (χ3n) is 10.1. The highest BCUT2D eigenvalue weighted by Crippen LogP contribution is 2.43. The van der Waals surface area contributed by atoms with Crippen LogP contribution in [0, 0.1) is 0 Å². The summed E-state index contributed by atoms with van der Waals surface area (Å²) in [5.74, 6) is -0.870. The van der Waals surface area contributed by atoms with Crippen LogP contribution >= 0.6 is 7.82 Å². The lowest BCUT2D eigenvalue weighted by molar-refractivity contribution is -0.161. The predicted molar refractivity (Wildman–Crippen MR) is 234 cm³/mol. The van der Waals surface area contributed by atoms with E-state index >= 15 is 0 Å².